The van der Waals surface area contributed by atoms with Gasteiger partial charge in [-0.15, -0.1) is 0 Å². The van der Waals surface area contributed by atoms with Crippen molar-refractivity contribution in [3.05, 3.63) is 30.3 Å². The van der Waals surface area contributed by atoms with Crippen LogP contribution in [0.5, 0.6) is 5.75 Å². The number of carbonyl (C=O) groups excluding carboxylic acids is 1. The Balaban J connectivity index is 1.40. The van der Waals surface area contributed by atoms with Crippen molar-refractivity contribution in [2.45, 2.75) is 30.9 Å². The van der Waals surface area contributed by atoms with Crippen molar-refractivity contribution in [1.82, 2.24) is 9.62 Å². The second-order valence-corrected chi connectivity index (χ2v) is 8.38. The van der Waals surface area contributed by atoms with Gasteiger partial charge in [-0.05, 0) is 43.7 Å². The fraction of sp³-hybridized carbons (Fsp3) is 0.562. The minimum Gasteiger partial charge on any atom is -0.410 e. The third kappa shape index (κ3) is 4.23. The van der Waals surface area contributed by atoms with Gasteiger partial charge in [0, 0.05) is 19.6 Å². The maximum Gasteiger partial charge on any atom is 0.412 e. The lowest BCUT2D eigenvalue weighted by molar-refractivity contribution is 0.194. The largest absolute Gasteiger partial charge is 0.412 e. The van der Waals surface area contributed by atoms with Crippen LogP contribution in [-0.2, 0) is 10.0 Å². The van der Waals surface area contributed by atoms with E-state index >= 15 is 0 Å². The number of amides is 1. The maximum absolute atomic E-state index is 12.2. The van der Waals surface area contributed by atoms with Crippen LogP contribution in [-0.4, -0.2) is 43.7 Å². The summed E-state index contributed by atoms with van der Waals surface area (Å²) >= 11 is 0. The van der Waals surface area contributed by atoms with Gasteiger partial charge in [0.05, 0.1) is 5.25 Å². The number of rotatable bonds is 5. The van der Waals surface area contributed by atoms with Crippen molar-refractivity contribution in [3.8, 4) is 5.75 Å². The molecule has 2 aliphatic rings. The number of hydrogen-bond donors (Lipinski definition) is 1. The van der Waals surface area contributed by atoms with Crippen molar-refractivity contribution < 1.29 is 17.9 Å². The van der Waals surface area contributed by atoms with Gasteiger partial charge >= 0.3 is 6.09 Å². The molecule has 1 amide bonds. The van der Waals surface area contributed by atoms with Gasteiger partial charge in [-0.3, -0.25) is 0 Å². The van der Waals surface area contributed by atoms with E-state index in [9.17, 15) is 13.2 Å². The fourth-order valence-electron chi connectivity index (χ4n) is 2.80. The summed E-state index contributed by atoms with van der Waals surface area (Å²) in [6, 6.07) is 8.91. The standard InChI is InChI=1S/C16H22N2O4S/c19-16(22-14-4-2-1-3-5-14)17-12-13-8-10-18(11-9-13)23(20,21)15-6-7-15/h1-5,13,15H,6-12H2,(H,17,19). The summed E-state index contributed by atoms with van der Waals surface area (Å²) in [4.78, 5) is 11.7. The Morgan fingerprint density at radius 2 is 1.78 bits per heavy atom. The van der Waals surface area contributed by atoms with E-state index in [1.54, 1.807) is 28.6 Å². The topological polar surface area (TPSA) is 75.7 Å². The van der Waals surface area contributed by atoms with E-state index in [4.69, 9.17) is 4.74 Å². The van der Waals surface area contributed by atoms with Crippen molar-refractivity contribution >= 4 is 16.1 Å². The minimum absolute atomic E-state index is 0.141. The smallest absolute Gasteiger partial charge is 0.410 e. The van der Waals surface area contributed by atoms with Crippen LogP contribution < -0.4 is 10.1 Å². The number of nitrogens with zero attached hydrogens (tertiary/aromatic N) is 1. The molecule has 1 aromatic rings. The number of hydrogen-bond acceptors (Lipinski definition) is 4. The summed E-state index contributed by atoms with van der Waals surface area (Å²) in [6.07, 6.45) is 2.68. The lowest BCUT2D eigenvalue weighted by Crippen LogP contribution is -2.43. The predicted octanol–water partition coefficient (Wildman–Crippen LogP) is 1.98. The minimum atomic E-state index is -3.06. The van der Waals surface area contributed by atoms with Gasteiger partial charge in [-0.2, -0.15) is 0 Å². The molecule has 6 nitrogen and oxygen atoms in total. The Bertz CT molecular complexity index is 635. The SMILES string of the molecule is O=C(NCC1CCN(S(=O)(=O)C2CC2)CC1)Oc1ccccc1. The second-order valence-electron chi connectivity index (χ2n) is 6.17. The molecule has 1 saturated carbocycles. The maximum atomic E-state index is 12.2. The predicted molar refractivity (Wildman–Crippen MR) is 86.7 cm³/mol. The molecule has 1 saturated heterocycles. The molecule has 126 valence electrons. The average Bonchev–Trinajstić information content (AvgIpc) is 3.40. The summed E-state index contributed by atoms with van der Waals surface area (Å²) in [7, 11) is -3.06. The Kier molecular flexibility index (Phi) is 4.87. The molecular weight excluding hydrogens is 316 g/mol. The molecule has 23 heavy (non-hydrogen) atoms. The molecule has 3 rings (SSSR count). The van der Waals surface area contributed by atoms with E-state index < -0.39 is 16.1 Å². The number of ether oxygens (including phenoxy) is 1. The molecule has 0 unspecified atom stereocenters. The van der Waals surface area contributed by atoms with E-state index in [1.807, 2.05) is 6.07 Å². The van der Waals surface area contributed by atoms with Crippen molar-refractivity contribution in [2.75, 3.05) is 19.6 Å². The Morgan fingerprint density at radius 1 is 1.13 bits per heavy atom. The molecule has 0 radical (unpaired) electrons. The summed E-state index contributed by atoms with van der Waals surface area (Å²) in [5.41, 5.74) is 0. The summed E-state index contributed by atoms with van der Waals surface area (Å²) in [5.74, 6) is 0.805. The molecule has 2 fully saturated rings. The van der Waals surface area contributed by atoms with Gasteiger partial charge < -0.3 is 10.1 Å². The van der Waals surface area contributed by atoms with Crippen LogP contribution in [0.25, 0.3) is 0 Å². The van der Waals surface area contributed by atoms with Gasteiger partial charge in [-0.25, -0.2) is 17.5 Å². The first-order valence-electron chi connectivity index (χ1n) is 8.05. The molecule has 1 aromatic carbocycles. The lowest BCUT2D eigenvalue weighted by Gasteiger charge is -2.31. The number of nitrogens with one attached hydrogen (secondary N) is 1. The summed E-state index contributed by atoms with van der Waals surface area (Å²) in [6.45, 7) is 1.63. The molecule has 0 atom stereocenters. The zero-order valence-corrected chi connectivity index (χ0v) is 13.8. The van der Waals surface area contributed by atoms with Crippen LogP contribution in [0.2, 0.25) is 0 Å². The van der Waals surface area contributed by atoms with Gasteiger partial charge in [0.15, 0.2) is 0 Å². The van der Waals surface area contributed by atoms with E-state index in [1.165, 1.54) is 0 Å². The third-order valence-electron chi connectivity index (χ3n) is 4.37. The quantitative estimate of drug-likeness (QED) is 0.891. The van der Waals surface area contributed by atoms with Crippen molar-refractivity contribution in [3.63, 3.8) is 0 Å². The van der Waals surface area contributed by atoms with E-state index in [2.05, 4.69) is 5.32 Å². The van der Waals surface area contributed by atoms with Crippen LogP contribution in [0.3, 0.4) is 0 Å². The summed E-state index contributed by atoms with van der Waals surface area (Å²) < 4.78 is 31.1. The monoisotopic (exact) mass is 338 g/mol. The molecule has 0 spiro atoms. The normalized spacial score (nSPS) is 20.2. The van der Waals surface area contributed by atoms with Gasteiger partial charge in [0.25, 0.3) is 0 Å². The molecule has 0 aromatic heterocycles. The third-order valence-corrected chi connectivity index (χ3v) is 6.77. The molecule has 1 heterocycles. The average molecular weight is 338 g/mol. The van der Waals surface area contributed by atoms with Crippen molar-refractivity contribution in [2.24, 2.45) is 5.92 Å². The van der Waals surface area contributed by atoms with Crippen LogP contribution in [0, 0.1) is 5.92 Å². The Hall–Kier alpha value is -1.60. The van der Waals surface area contributed by atoms with Crippen LogP contribution >= 0.6 is 0 Å². The molecule has 1 N–H and O–H groups in total. The zero-order valence-electron chi connectivity index (χ0n) is 13.0. The first-order valence-corrected chi connectivity index (χ1v) is 9.56. The second kappa shape index (κ2) is 6.88. The van der Waals surface area contributed by atoms with E-state index in [0.717, 1.165) is 25.7 Å². The van der Waals surface area contributed by atoms with Crippen LogP contribution in [0.15, 0.2) is 30.3 Å². The lowest BCUT2D eigenvalue weighted by atomic mass is 9.98. The molecule has 1 aliphatic heterocycles. The highest BCUT2D eigenvalue weighted by molar-refractivity contribution is 7.90. The first kappa shape index (κ1) is 16.3. The molecule has 7 heteroatoms. The molecule has 0 bridgehead atoms. The first-order chi connectivity index (χ1) is 11.1. The zero-order chi connectivity index (χ0) is 16.3. The van der Waals surface area contributed by atoms with Crippen molar-refractivity contribution in [1.29, 1.82) is 0 Å². The molecular formula is C16H22N2O4S. The van der Waals surface area contributed by atoms with Crippen LogP contribution in [0.1, 0.15) is 25.7 Å². The highest BCUT2D eigenvalue weighted by atomic mass is 32.2. The number of piperidine rings is 1. The van der Waals surface area contributed by atoms with Gasteiger partial charge in [0.1, 0.15) is 5.75 Å². The Labute approximate surface area is 136 Å². The Morgan fingerprint density at radius 3 is 2.39 bits per heavy atom. The van der Waals surface area contributed by atoms with Gasteiger partial charge in [-0.1, -0.05) is 18.2 Å². The van der Waals surface area contributed by atoms with Crippen LogP contribution in [0.4, 0.5) is 4.79 Å². The highest BCUT2D eigenvalue weighted by Crippen LogP contribution is 2.33. The fourth-order valence-corrected chi connectivity index (χ4v) is 4.68. The number of benzene rings is 1. The number of sulfonamides is 1. The van der Waals surface area contributed by atoms with Gasteiger partial charge in [0.2, 0.25) is 10.0 Å². The number of carbonyl (C=O) groups is 1. The van der Waals surface area contributed by atoms with E-state index in [0.29, 0.717) is 31.3 Å². The van der Waals surface area contributed by atoms with E-state index in [-0.39, 0.29) is 5.25 Å². The number of para-hydroxylation sites is 1. The molecule has 1 aliphatic carbocycles. The highest BCUT2D eigenvalue weighted by Gasteiger charge is 2.41. The summed E-state index contributed by atoms with van der Waals surface area (Å²) in [5, 5.41) is 2.62.